The molecular formula is C13H25ClN2O. The molecule has 1 saturated carbocycles. The van der Waals surface area contributed by atoms with Crippen LogP contribution in [0.15, 0.2) is 0 Å². The average Bonchev–Trinajstić information content (AvgIpc) is 2.99. The zero-order valence-electron chi connectivity index (χ0n) is 10.9. The van der Waals surface area contributed by atoms with Gasteiger partial charge in [-0.25, -0.2) is 0 Å². The maximum atomic E-state index is 12.2. The van der Waals surface area contributed by atoms with Gasteiger partial charge in [-0.2, -0.15) is 0 Å². The lowest BCUT2D eigenvalue weighted by atomic mass is 9.96. The first kappa shape index (κ1) is 14.8. The third-order valence-corrected chi connectivity index (χ3v) is 4.02. The molecule has 1 saturated heterocycles. The van der Waals surface area contributed by atoms with Crippen LogP contribution in [0.4, 0.5) is 0 Å². The van der Waals surface area contributed by atoms with Crippen molar-refractivity contribution in [2.45, 2.75) is 64.5 Å². The van der Waals surface area contributed by atoms with Crippen molar-refractivity contribution in [2.24, 2.45) is 5.41 Å². The molecule has 0 spiro atoms. The van der Waals surface area contributed by atoms with E-state index in [0.717, 1.165) is 45.1 Å². The van der Waals surface area contributed by atoms with Crippen molar-refractivity contribution in [3.8, 4) is 0 Å². The Kier molecular flexibility index (Phi) is 5.26. The Morgan fingerprint density at radius 1 is 1.47 bits per heavy atom. The lowest BCUT2D eigenvalue weighted by molar-refractivity contribution is -0.127. The summed E-state index contributed by atoms with van der Waals surface area (Å²) in [5.41, 5.74) is 0.0306. The summed E-state index contributed by atoms with van der Waals surface area (Å²) in [6.07, 6.45) is 6.56. The van der Waals surface area contributed by atoms with Gasteiger partial charge in [0.15, 0.2) is 0 Å². The minimum absolute atomic E-state index is 0. The van der Waals surface area contributed by atoms with Crippen molar-refractivity contribution in [1.82, 2.24) is 10.6 Å². The van der Waals surface area contributed by atoms with E-state index in [4.69, 9.17) is 0 Å². The first-order valence-corrected chi connectivity index (χ1v) is 6.70. The van der Waals surface area contributed by atoms with Crippen LogP contribution in [0.25, 0.3) is 0 Å². The number of rotatable bonds is 4. The molecule has 1 heterocycles. The quantitative estimate of drug-likeness (QED) is 0.814. The van der Waals surface area contributed by atoms with E-state index in [0.29, 0.717) is 18.0 Å². The summed E-state index contributed by atoms with van der Waals surface area (Å²) in [6.45, 7) is 5.39. The molecular weight excluding hydrogens is 236 g/mol. The van der Waals surface area contributed by atoms with E-state index in [2.05, 4.69) is 24.5 Å². The molecule has 2 aliphatic rings. The van der Waals surface area contributed by atoms with Gasteiger partial charge in [-0.05, 0) is 45.6 Å². The number of hydrogen-bond acceptors (Lipinski definition) is 2. The fourth-order valence-corrected chi connectivity index (χ4v) is 2.82. The smallest absolute Gasteiger partial charge is 0.226 e. The summed E-state index contributed by atoms with van der Waals surface area (Å²) in [7, 11) is 0. The van der Waals surface area contributed by atoms with Gasteiger partial charge >= 0.3 is 0 Å². The zero-order chi connectivity index (χ0) is 11.6. The molecule has 100 valence electrons. The monoisotopic (exact) mass is 260 g/mol. The second-order valence-electron chi connectivity index (χ2n) is 5.58. The van der Waals surface area contributed by atoms with E-state index in [1.54, 1.807) is 0 Å². The molecule has 4 heteroatoms. The van der Waals surface area contributed by atoms with E-state index in [9.17, 15) is 4.79 Å². The van der Waals surface area contributed by atoms with Gasteiger partial charge in [-0.3, -0.25) is 4.79 Å². The SMILES string of the molecule is CCCC1(C(=O)NC2CCNC(C)C2)CC1.Cl. The molecule has 2 fully saturated rings. The number of carbonyl (C=O) groups is 1. The maximum Gasteiger partial charge on any atom is 0.226 e. The number of amides is 1. The molecule has 2 N–H and O–H groups in total. The molecule has 17 heavy (non-hydrogen) atoms. The zero-order valence-corrected chi connectivity index (χ0v) is 11.7. The molecule has 0 aromatic heterocycles. The van der Waals surface area contributed by atoms with E-state index < -0.39 is 0 Å². The normalized spacial score (nSPS) is 30.2. The van der Waals surface area contributed by atoms with Gasteiger partial charge in [0.1, 0.15) is 0 Å². The number of carbonyl (C=O) groups excluding carboxylic acids is 1. The topological polar surface area (TPSA) is 41.1 Å². The molecule has 0 radical (unpaired) electrons. The van der Waals surface area contributed by atoms with E-state index in [1.807, 2.05) is 0 Å². The van der Waals surface area contributed by atoms with E-state index in [-0.39, 0.29) is 17.8 Å². The first-order valence-electron chi connectivity index (χ1n) is 6.70. The van der Waals surface area contributed by atoms with Crippen molar-refractivity contribution in [2.75, 3.05) is 6.54 Å². The number of nitrogens with one attached hydrogen (secondary N) is 2. The molecule has 0 aromatic rings. The molecule has 2 rings (SSSR count). The molecule has 3 nitrogen and oxygen atoms in total. The Bertz CT molecular complexity index is 266. The van der Waals surface area contributed by atoms with Gasteiger partial charge in [-0.1, -0.05) is 13.3 Å². The Labute approximate surface area is 111 Å². The Hall–Kier alpha value is -0.280. The van der Waals surface area contributed by atoms with Gasteiger partial charge in [0, 0.05) is 17.5 Å². The van der Waals surface area contributed by atoms with Gasteiger partial charge in [0.2, 0.25) is 5.91 Å². The predicted molar refractivity (Wildman–Crippen MR) is 72.5 cm³/mol. The molecule has 2 atom stereocenters. The largest absolute Gasteiger partial charge is 0.353 e. The number of halogens is 1. The summed E-state index contributed by atoms with van der Waals surface area (Å²) < 4.78 is 0. The Morgan fingerprint density at radius 3 is 2.71 bits per heavy atom. The van der Waals surface area contributed by atoms with Crippen LogP contribution in [0.5, 0.6) is 0 Å². The minimum Gasteiger partial charge on any atom is -0.353 e. The lowest BCUT2D eigenvalue weighted by Gasteiger charge is -2.30. The summed E-state index contributed by atoms with van der Waals surface area (Å²) in [6, 6.07) is 0.943. The highest BCUT2D eigenvalue weighted by Crippen LogP contribution is 2.49. The van der Waals surface area contributed by atoms with Crippen LogP contribution in [0, 0.1) is 5.41 Å². The van der Waals surface area contributed by atoms with Crippen LogP contribution in [-0.2, 0) is 4.79 Å². The van der Waals surface area contributed by atoms with Crippen LogP contribution in [0.2, 0.25) is 0 Å². The van der Waals surface area contributed by atoms with Crippen molar-refractivity contribution < 1.29 is 4.79 Å². The fourth-order valence-electron chi connectivity index (χ4n) is 2.82. The minimum atomic E-state index is 0. The third kappa shape index (κ3) is 3.59. The standard InChI is InChI=1S/C13H24N2O.ClH/c1-3-5-13(6-7-13)12(16)15-11-4-8-14-10(2)9-11;/h10-11,14H,3-9H2,1-2H3,(H,15,16);1H. The summed E-state index contributed by atoms with van der Waals surface area (Å²) in [5, 5.41) is 6.67. The van der Waals surface area contributed by atoms with Gasteiger partial charge < -0.3 is 10.6 Å². The van der Waals surface area contributed by atoms with Crippen molar-refractivity contribution in [1.29, 1.82) is 0 Å². The highest BCUT2D eigenvalue weighted by Gasteiger charge is 2.49. The molecule has 1 aliphatic heterocycles. The van der Waals surface area contributed by atoms with Crippen LogP contribution < -0.4 is 10.6 Å². The predicted octanol–water partition coefficient (Wildman–Crippen LogP) is 2.25. The molecule has 1 aliphatic carbocycles. The molecule has 0 aromatic carbocycles. The maximum absolute atomic E-state index is 12.2. The Morgan fingerprint density at radius 2 is 2.18 bits per heavy atom. The highest BCUT2D eigenvalue weighted by molar-refractivity contribution is 5.85. The van der Waals surface area contributed by atoms with Crippen molar-refractivity contribution in [3.05, 3.63) is 0 Å². The van der Waals surface area contributed by atoms with Crippen molar-refractivity contribution in [3.63, 3.8) is 0 Å². The summed E-state index contributed by atoms with van der Waals surface area (Å²) in [4.78, 5) is 12.2. The van der Waals surface area contributed by atoms with Crippen LogP contribution in [0.3, 0.4) is 0 Å². The Balaban J connectivity index is 0.00000144. The molecule has 0 bridgehead atoms. The van der Waals surface area contributed by atoms with Crippen LogP contribution in [-0.4, -0.2) is 24.5 Å². The van der Waals surface area contributed by atoms with E-state index >= 15 is 0 Å². The van der Waals surface area contributed by atoms with Gasteiger partial charge in [-0.15, -0.1) is 12.4 Å². The second kappa shape index (κ2) is 6.05. The summed E-state index contributed by atoms with van der Waals surface area (Å²) >= 11 is 0. The highest BCUT2D eigenvalue weighted by atomic mass is 35.5. The van der Waals surface area contributed by atoms with Gasteiger partial charge in [0.25, 0.3) is 0 Å². The third-order valence-electron chi connectivity index (χ3n) is 4.02. The fraction of sp³-hybridized carbons (Fsp3) is 0.923. The molecule has 1 amide bonds. The first-order chi connectivity index (χ1) is 7.66. The van der Waals surface area contributed by atoms with Crippen LogP contribution in [0.1, 0.15) is 52.4 Å². The summed E-state index contributed by atoms with van der Waals surface area (Å²) in [5.74, 6) is 0.327. The van der Waals surface area contributed by atoms with Gasteiger partial charge in [0.05, 0.1) is 0 Å². The molecule has 2 unspecified atom stereocenters. The number of hydrogen-bond donors (Lipinski definition) is 2. The second-order valence-corrected chi connectivity index (χ2v) is 5.58. The number of piperidine rings is 1. The average molecular weight is 261 g/mol. The van der Waals surface area contributed by atoms with E-state index in [1.165, 1.54) is 0 Å². The van der Waals surface area contributed by atoms with Crippen molar-refractivity contribution >= 4 is 18.3 Å². The van der Waals surface area contributed by atoms with Crippen LogP contribution >= 0.6 is 12.4 Å². The lowest BCUT2D eigenvalue weighted by Crippen LogP contribution is -2.48.